The maximum absolute atomic E-state index is 13.1. The maximum atomic E-state index is 13.1. The number of likely N-dealkylation sites (tertiary alicyclic amines) is 1. The Labute approximate surface area is 143 Å². The van der Waals surface area contributed by atoms with Gasteiger partial charge in [-0.05, 0) is 37.8 Å². The van der Waals surface area contributed by atoms with Crippen LogP contribution in [0.15, 0.2) is 30.3 Å². The van der Waals surface area contributed by atoms with Gasteiger partial charge in [0.2, 0.25) is 0 Å². The summed E-state index contributed by atoms with van der Waals surface area (Å²) in [4.78, 5) is 19.0. The first-order valence-corrected chi connectivity index (χ1v) is 8.69. The summed E-state index contributed by atoms with van der Waals surface area (Å²) < 4.78 is 39.2. The van der Waals surface area contributed by atoms with Crippen molar-refractivity contribution in [3.63, 3.8) is 0 Å². The van der Waals surface area contributed by atoms with Gasteiger partial charge in [0, 0.05) is 30.1 Å². The third-order valence-electron chi connectivity index (χ3n) is 5.13. The predicted octanol–water partition coefficient (Wildman–Crippen LogP) is 4.53. The number of amides is 1. The van der Waals surface area contributed by atoms with Crippen LogP contribution in [0.2, 0.25) is 0 Å². The molecule has 132 valence electrons. The standard InChI is InChI=1S/C19H19F3N2O/c20-19(21,22)13-4-3-9-24(11-13)18(25)15-10-17(12-7-8-12)23-16-6-2-1-5-14(15)16/h1-2,5-6,10,12-13H,3-4,7-9,11H2/t13-/m1/s1. The summed E-state index contributed by atoms with van der Waals surface area (Å²) in [6, 6.07) is 9.15. The fourth-order valence-electron chi connectivity index (χ4n) is 3.56. The van der Waals surface area contributed by atoms with Gasteiger partial charge in [-0.3, -0.25) is 9.78 Å². The molecule has 1 aliphatic heterocycles. The van der Waals surface area contributed by atoms with Gasteiger partial charge in [0.15, 0.2) is 0 Å². The zero-order valence-corrected chi connectivity index (χ0v) is 13.7. The maximum Gasteiger partial charge on any atom is 0.393 e. The Balaban J connectivity index is 1.69. The van der Waals surface area contributed by atoms with Crippen LogP contribution in [0, 0.1) is 5.92 Å². The second-order valence-corrected chi connectivity index (χ2v) is 7.02. The van der Waals surface area contributed by atoms with Crippen LogP contribution in [0.5, 0.6) is 0 Å². The van der Waals surface area contributed by atoms with Crippen LogP contribution < -0.4 is 0 Å². The molecule has 2 aliphatic rings. The molecule has 2 aromatic rings. The number of nitrogens with zero attached hydrogens (tertiary/aromatic N) is 2. The van der Waals surface area contributed by atoms with E-state index in [1.807, 2.05) is 24.3 Å². The third kappa shape index (κ3) is 3.22. The van der Waals surface area contributed by atoms with Crippen LogP contribution >= 0.6 is 0 Å². The van der Waals surface area contributed by atoms with E-state index < -0.39 is 12.1 Å². The van der Waals surface area contributed by atoms with Crippen LogP contribution in [0.25, 0.3) is 10.9 Å². The lowest BCUT2D eigenvalue weighted by atomic mass is 9.96. The number of aromatic nitrogens is 1. The number of hydrogen-bond donors (Lipinski definition) is 0. The van der Waals surface area contributed by atoms with Crippen molar-refractivity contribution in [2.75, 3.05) is 13.1 Å². The lowest BCUT2D eigenvalue weighted by Crippen LogP contribution is -2.44. The topological polar surface area (TPSA) is 33.2 Å². The van der Waals surface area contributed by atoms with Crippen LogP contribution in [0.3, 0.4) is 0 Å². The van der Waals surface area contributed by atoms with Gasteiger partial charge in [-0.2, -0.15) is 13.2 Å². The Bertz CT molecular complexity index is 814. The van der Waals surface area contributed by atoms with E-state index in [2.05, 4.69) is 4.98 Å². The molecule has 0 unspecified atom stereocenters. The summed E-state index contributed by atoms with van der Waals surface area (Å²) in [5, 5.41) is 0.714. The summed E-state index contributed by atoms with van der Waals surface area (Å²) in [5.74, 6) is -1.36. The molecule has 0 N–H and O–H groups in total. The van der Waals surface area contributed by atoms with Gasteiger partial charge in [-0.1, -0.05) is 18.2 Å². The molecule has 1 aromatic carbocycles. The molecule has 0 spiro atoms. The highest BCUT2D eigenvalue weighted by molar-refractivity contribution is 6.06. The first kappa shape index (κ1) is 16.4. The Morgan fingerprint density at radius 2 is 1.92 bits per heavy atom. The number of carbonyl (C=O) groups is 1. The number of para-hydroxylation sites is 1. The van der Waals surface area contributed by atoms with Gasteiger partial charge in [0.1, 0.15) is 0 Å². The first-order valence-electron chi connectivity index (χ1n) is 8.69. The van der Waals surface area contributed by atoms with Crippen LogP contribution in [-0.2, 0) is 0 Å². The van der Waals surface area contributed by atoms with Gasteiger partial charge >= 0.3 is 6.18 Å². The average molecular weight is 348 g/mol. The quantitative estimate of drug-likeness (QED) is 0.799. The molecule has 2 heterocycles. The molecule has 1 amide bonds. The van der Waals surface area contributed by atoms with Crippen molar-refractivity contribution in [3.8, 4) is 0 Å². The number of halogens is 3. The molecule has 0 radical (unpaired) electrons. The number of carbonyl (C=O) groups excluding carboxylic acids is 1. The first-order chi connectivity index (χ1) is 11.9. The van der Waals surface area contributed by atoms with Crippen LogP contribution in [0.4, 0.5) is 13.2 Å². The van der Waals surface area contributed by atoms with Gasteiger partial charge in [0.25, 0.3) is 5.91 Å². The zero-order chi connectivity index (χ0) is 17.6. The van der Waals surface area contributed by atoms with E-state index in [0.717, 1.165) is 24.1 Å². The molecule has 1 aromatic heterocycles. The lowest BCUT2D eigenvalue weighted by Gasteiger charge is -2.34. The van der Waals surface area contributed by atoms with Crippen molar-refractivity contribution in [2.45, 2.75) is 37.8 Å². The fraction of sp³-hybridized carbons (Fsp3) is 0.474. The van der Waals surface area contributed by atoms with Crippen molar-refractivity contribution in [2.24, 2.45) is 5.92 Å². The number of benzene rings is 1. The van der Waals surface area contributed by atoms with Crippen LogP contribution in [-0.4, -0.2) is 35.1 Å². The number of piperidine rings is 1. The summed E-state index contributed by atoms with van der Waals surface area (Å²) in [6.45, 7) is 0.124. The smallest absolute Gasteiger partial charge is 0.338 e. The molecular weight excluding hydrogens is 329 g/mol. The molecular formula is C19H19F3N2O. The number of hydrogen-bond acceptors (Lipinski definition) is 2. The molecule has 1 saturated heterocycles. The SMILES string of the molecule is O=C(c1cc(C2CC2)nc2ccccc12)N1CCC[C@@H](C(F)(F)F)C1. The Morgan fingerprint density at radius 3 is 2.64 bits per heavy atom. The van der Waals surface area contributed by atoms with Gasteiger partial charge in [-0.15, -0.1) is 0 Å². The zero-order valence-electron chi connectivity index (χ0n) is 13.7. The van der Waals surface area contributed by atoms with Crippen molar-refractivity contribution in [1.29, 1.82) is 0 Å². The molecule has 1 aliphatic carbocycles. The molecule has 6 heteroatoms. The largest absolute Gasteiger partial charge is 0.393 e. The van der Waals surface area contributed by atoms with Gasteiger partial charge in [-0.25, -0.2) is 0 Å². The van der Waals surface area contributed by atoms with E-state index in [0.29, 0.717) is 29.8 Å². The third-order valence-corrected chi connectivity index (χ3v) is 5.13. The molecule has 0 bridgehead atoms. The Hall–Kier alpha value is -2.11. The molecule has 1 saturated carbocycles. The van der Waals surface area contributed by atoms with Crippen LogP contribution in [0.1, 0.15) is 47.7 Å². The van der Waals surface area contributed by atoms with Crippen molar-refractivity contribution in [3.05, 3.63) is 41.6 Å². The lowest BCUT2D eigenvalue weighted by molar-refractivity contribution is -0.184. The molecule has 25 heavy (non-hydrogen) atoms. The Kier molecular flexibility index (Phi) is 3.93. The predicted molar refractivity (Wildman–Crippen MR) is 88.4 cm³/mol. The van der Waals surface area contributed by atoms with E-state index in [-0.39, 0.29) is 18.9 Å². The molecule has 4 rings (SSSR count). The van der Waals surface area contributed by atoms with E-state index >= 15 is 0 Å². The number of pyridine rings is 1. The number of fused-ring (bicyclic) bond motifs is 1. The number of alkyl halides is 3. The fourth-order valence-corrected chi connectivity index (χ4v) is 3.56. The van der Waals surface area contributed by atoms with E-state index in [1.54, 1.807) is 6.07 Å². The van der Waals surface area contributed by atoms with E-state index in [4.69, 9.17) is 0 Å². The number of rotatable bonds is 2. The van der Waals surface area contributed by atoms with E-state index in [1.165, 1.54) is 4.90 Å². The van der Waals surface area contributed by atoms with Gasteiger partial charge in [0.05, 0.1) is 17.0 Å². The molecule has 1 atom stereocenters. The monoisotopic (exact) mass is 348 g/mol. The highest BCUT2D eigenvalue weighted by atomic mass is 19.4. The molecule has 3 nitrogen and oxygen atoms in total. The highest BCUT2D eigenvalue weighted by Crippen LogP contribution is 2.40. The summed E-state index contributed by atoms with van der Waals surface area (Å²) in [7, 11) is 0. The average Bonchev–Trinajstić information content (AvgIpc) is 3.45. The summed E-state index contributed by atoms with van der Waals surface area (Å²) >= 11 is 0. The minimum absolute atomic E-state index is 0.0949. The second kappa shape index (κ2) is 6.00. The minimum atomic E-state index is -4.25. The van der Waals surface area contributed by atoms with Gasteiger partial charge < -0.3 is 4.90 Å². The summed E-state index contributed by atoms with van der Waals surface area (Å²) in [6.07, 6.45) is -1.66. The van der Waals surface area contributed by atoms with Crippen molar-refractivity contribution in [1.82, 2.24) is 9.88 Å². The van der Waals surface area contributed by atoms with Crippen molar-refractivity contribution < 1.29 is 18.0 Å². The second-order valence-electron chi connectivity index (χ2n) is 7.02. The van der Waals surface area contributed by atoms with E-state index in [9.17, 15) is 18.0 Å². The molecule has 2 fully saturated rings. The normalized spacial score (nSPS) is 21.6. The highest BCUT2D eigenvalue weighted by Gasteiger charge is 2.43. The summed E-state index contributed by atoms with van der Waals surface area (Å²) in [5.41, 5.74) is 2.10. The minimum Gasteiger partial charge on any atom is -0.338 e. The Morgan fingerprint density at radius 1 is 1.16 bits per heavy atom. The van der Waals surface area contributed by atoms with Crippen molar-refractivity contribution >= 4 is 16.8 Å².